The lowest BCUT2D eigenvalue weighted by Gasteiger charge is -2.45. The lowest BCUT2D eigenvalue weighted by molar-refractivity contribution is 0.281. The fourth-order valence-corrected chi connectivity index (χ4v) is 3.20. The van der Waals surface area contributed by atoms with Crippen molar-refractivity contribution >= 4 is 5.69 Å². The number of anilines is 1. The van der Waals surface area contributed by atoms with E-state index in [9.17, 15) is 0 Å². The van der Waals surface area contributed by atoms with Gasteiger partial charge in [-0.1, -0.05) is 34.1 Å². The van der Waals surface area contributed by atoms with E-state index >= 15 is 0 Å². The quantitative estimate of drug-likeness (QED) is 0.919. The minimum atomic E-state index is 0.554. The van der Waals surface area contributed by atoms with E-state index in [4.69, 9.17) is 0 Å². The van der Waals surface area contributed by atoms with Crippen molar-refractivity contribution in [1.29, 1.82) is 0 Å². The normalized spacial score (nSPS) is 25.2. The highest BCUT2D eigenvalue weighted by Gasteiger charge is 2.33. The molecule has 0 amide bonds. The Labute approximate surface area is 123 Å². The molecule has 3 atom stereocenters. The minimum Gasteiger partial charge on any atom is -0.363 e. The van der Waals surface area contributed by atoms with E-state index < -0.39 is 0 Å². The van der Waals surface area contributed by atoms with Crippen molar-refractivity contribution in [2.75, 3.05) is 18.0 Å². The maximum absolute atomic E-state index is 4.52. The van der Waals surface area contributed by atoms with E-state index in [1.54, 1.807) is 0 Å². The lowest BCUT2D eigenvalue weighted by atomic mass is 9.91. The second-order valence-corrected chi connectivity index (χ2v) is 6.64. The maximum atomic E-state index is 4.52. The van der Waals surface area contributed by atoms with E-state index in [0.29, 0.717) is 23.9 Å². The number of aromatic nitrogens is 2. The Balaban J connectivity index is 2.25. The van der Waals surface area contributed by atoms with Crippen molar-refractivity contribution in [3.63, 3.8) is 0 Å². The third-order valence-electron chi connectivity index (χ3n) is 4.78. The molecular weight excluding hydrogens is 248 g/mol. The first-order chi connectivity index (χ1) is 9.43. The molecular formula is C16H30N4. The Morgan fingerprint density at radius 2 is 2.10 bits per heavy atom. The van der Waals surface area contributed by atoms with E-state index in [2.05, 4.69) is 56.1 Å². The van der Waals surface area contributed by atoms with Gasteiger partial charge in [-0.25, -0.2) is 0 Å². The van der Waals surface area contributed by atoms with Crippen molar-refractivity contribution in [3.8, 4) is 0 Å². The molecule has 0 aromatic carbocycles. The Morgan fingerprint density at radius 1 is 1.40 bits per heavy atom. The van der Waals surface area contributed by atoms with Crippen LogP contribution in [0.15, 0.2) is 6.20 Å². The van der Waals surface area contributed by atoms with Gasteiger partial charge in [-0.2, -0.15) is 5.10 Å². The van der Waals surface area contributed by atoms with Gasteiger partial charge in [0.05, 0.1) is 11.4 Å². The average Bonchev–Trinajstić information content (AvgIpc) is 2.75. The van der Waals surface area contributed by atoms with Crippen LogP contribution < -0.4 is 10.2 Å². The van der Waals surface area contributed by atoms with Gasteiger partial charge in [0.2, 0.25) is 0 Å². The van der Waals surface area contributed by atoms with Gasteiger partial charge < -0.3 is 10.2 Å². The first kappa shape index (κ1) is 15.4. The molecule has 2 rings (SSSR count). The van der Waals surface area contributed by atoms with Gasteiger partial charge in [-0.15, -0.1) is 0 Å². The number of hydrogen-bond acceptors (Lipinski definition) is 3. The zero-order valence-electron chi connectivity index (χ0n) is 13.8. The SMILES string of the molecule is CCC(C)C1CN(c2cn(C)nc2C)C(C(C)C)CN1. The number of aryl methyl sites for hydroxylation is 2. The molecule has 1 aliphatic rings. The van der Waals surface area contributed by atoms with Crippen LogP contribution in [0.25, 0.3) is 0 Å². The largest absolute Gasteiger partial charge is 0.363 e. The van der Waals surface area contributed by atoms with Crippen molar-refractivity contribution in [2.45, 2.75) is 53.1 Å². The van der Waals surface area contributed by atoms with E-state index in [0.717, 1.165) is 18.8 Å². The molecule has 0 aliphatic carbocycles. The molecule has 1 aromatic heterocycles. The van der Waals surface area contributed by atoms with Gasteiger partial charge in [-0.05, 0) is 18.8 Å². The van der Waals surface area contributed by atoms with Crippen LogP contribution in [0.3, 0.4) is 0 Å². The van der Waals surface area contributed by atoms with Crippen LogP contribution in [0, 0.1) is 18.8 Å². The van der Waals surface area contributed by atoms with Gasteiger partial charge in [0.1, 0.15) is 0 Å². The lowest BCUT2D eigenvalue weighted by Crippen LogP contribution is -2.60. The van der Waals surface area contributed by atoms with Gasteiger partial charge in [0.15, 0.2) is 0 Å². The summed E-state index contributed by atoms with van der Waals surface area (Å²) in [6, 6.07) is 1.13. The molecule has 0 saturated carbocycles. The standard InChI is InChI=1S/C16H30N4/c1-7-12(4)14-9-20(15(8-17-14)11(2)3)16-10-19(6)18-13(16)5/h10-12,14-15,17H,7-9H2,1-6H3. The smallest absolute Gasteiger partial charge is 0.0827 e. The van der Waals surface area contributed by atoms with Crippen LogP contribution in [0.4, 0.5) is 5.69 Å². The van der Waals surface area contributed by atoms with Crippen molar-refractivity contribution in [3.05, 3.63) is 11.9 Å². The summed E-state index contributed by atoms with van der Waals surface area (Å²) in [5.41, 5.74) is 2.45. The molecule has 1 N–H and O–H groups in total. The predicted octanol–water partition coefficient (Wildman–Crippen LogP) is 2.58. The summed E-state index contributed by atoms with van der Waals surface area (Å²) >= 11 is 0. The van der Waals surface area contributed by atoms with Gasteiger partial charge in [0, 0.05) is 38.4 Å². The first-order valence-electron chi connectivity index (χ1n) is 7.94. The second kappa shape index (κ2) is 6.17. The summed E-state index contributed by atoms with van der Waals surface area (Å²) in [7, 11) is 2.01. The number of piperazine rings is 1. The molecule has 0 spiro atoms. The molecule has 3 unspecified atom stereocenters. The molecule has 1 aromatic rings. The summed E-state index contributed by atoms with van der Waals surface area (Å²) in [6.07, 6.45) is 3.40. The maximum Gasteiger partial charge on any atom is 0.0827 e. The Hall–Kier alpha value is -1.03. The first-order valence-corrected chi connectivity index (χ1v) is 7.94. The highest BCUT2D eigenvalue weighted by molar-refractivity contribution is 5.51. The fraction of sp³-hybridized carbons (Fsp3) is 0.812. The average molecular weight is 278 g/mol. The van der Waals surface area contributed by atoms with E-state index in [1.165, 1.54) is 12.1 Å². The third-order valence-corrected chi connectivity index (χ3v) is 4.78. The van der Waals surface area contributed by atoms with Crippen molar-refractivity contribution in [1.82, 2.24) is 15.1 Å². The molecule has 1 saturated heterocycles. The minimum absolute atomic E-state index is 0.554. The topological polar surface area (TPSA) is 33.1 Å². The number of nitrogens with zero attached hydrogens (tertiary/aromatic N) is 3. The fourth-order valence-electron chi connectivity index (χ4n) is 3.20. The number of nitrogens with one attached hydrogen (secondary N) is 1. The molecule has 1 aliphatic heterocycles. The van der Waals surface area contributed by atoms with Crippen molar-refractivity contribution in [2.24, 2.45) is 18.9 Å². The molecule has 0 bridgehead atoms. The van der Waals surface area contributed by atoms with Gasteiger partial charge >= 0.3 is 0 Å². The summed E-state index contributed by atoms with van der Waals surface area (Å²) in [6.45, 7) is 13.5. The van der Waals surface area contributed by atoms with Crippen molar-refractivity contribution < 1.29 is 0 Å². The Bertz CT molecular complexity index is 438. The summed E-state index contributed by atoms with van der Waals surface area (Å²) in [5.74, 6) is 1.35. The predicted molar refractivity (Wildman–Crippen MR) is 85.2 cm³/mol. The van der Waals surface area contributed by atoms with Crippen LogP contribution in [0.1, 0.15) is 39.8 Å². The van der Waals surface area contributed by atoms with Crippen LogP contribution in [-0.2, 0) is 7.05 Å². The zero-order valence-corrected chi connectivity index (χ0v) is 13.8. The Kier molecular flexibility index (Phi) is 4.74. The number of rotatable bonds is 4. The molecule has 4 heteroatoms. The number of hydrogen-bond donors (Lipinski definition) is 1. The van der Waals surface area contributed by atoms with Crippen LogP contribution in [-0.4, -0.2) is 35.0 Å². The van der Waals surface area contributed by atoms with Crippen LogP contribution in [0.5, 0.6) is 0 Å². The third kappa shape index (κ3) is 3.00. The second-order valence-electron chi connectivity index (χ2n) is 6.64. The van der Waals surface area contributed by atoms with Gasteiger partial charge in [0.25, 0.3) is 0 Å². The summed E-state index contributed by atoms with van der Waals surface area (Å²) in [5, 5.41) is 8.28. The molecule has 114 valence electrons. The Morgan fingerprint density at radius 3 is 2.60 bits per heavy atom. The summed E-state index contributed by atoms with van der Waals surface area (Å²) < 4.78 is 1.93. The van der Waals surface area contributed by atoms with Crippen LogP contribution in [0.2, 0.25) is 0 Å². The van der Waals surface area contributed by atoms with Crippen LogP contribution >= 0.6 is 0 Å². The molecule has 0 radical (unpaired) electrons. The zero-order chi connectivity index (χ0) is 14.9. The highest BCUT2D eigenvalue weighted by Crippen LogP contribution is 2.28. The summed E-state index contributed by atoms with van der Waals surface area (Å²) in [4.78, 5) is 2.58. The molecule has 2 heterocycles. The van der Waals surface area contributed by atoms with E-state index in [1.807, 2.05) is 11.7 Å². The monoisotopic (exact) mass is 278 g/mol. The molecule has 4 nitrogen and oxygen atoms in total. The van der Waals surface area contributed by atoms with E-state index in [-0.39, 0.29) is 0 Å². The highest BCUT2D eigenvalue weighted by atomic mass is 15.3. The molecule has 20 heavy (non-hydrogen) atoms. The molecule has 1 fully saturated rings. The van der Waals surface area contributed by atoms with Gasteiger partial charge in [-0.3, -0.25) is 4.68 Å².